The second kappa shape index (κ2) is 26.9. The molecule has 2 aromatic carbocycles. The molecule has 0 atom stereocenters. The van der Waals surface area contributed by atoms with E-state index in [1.807, 2.05) is 141 Å². The fraction of sp³-hybridized carbons (Fsp3) is 0.0833. The molecule has 0 aliphatic carbocycles. The van der Waals surface area contributed by atoms with Gasteiger partial charge < -0.3 is 34.5 Å². The van der Waals surface area contributed by atoms with E-state index in [2.05, 4.69) is 88.9 Å². The molecule has 0 bridgehead atoms. The quantitative estimate of drug-likeness (QED) is 0.0875. The Morgan fingerprint density at radius 1 is 0.278 bits per heavy atom. The Balaban J connectivity index is 0.000000220. The van der Waals surface area contributed by atoms with Gasteiger partial charge in [0, 0.05) is 49.6 Å². The monoisotopic (exact) mass is 1170 g/mol. The molecule has 24 heteroatoms. The normalized spacial score (nSPS) is 10.8. The van der Waals surface area contributed by atoms with Crippen LogP contribution in [0.4, 0.5) is 34.5 Å². The Bertz CT molecular complexity index is 2690. The van der Waals surface area contributed by atoms with E-state index < -0.39 is 14.5 Å². The van der Waals surface area contributed by atoms with E-state index in [1.54, 1.807) is 24.8 Å². The number of hydrogen-bond donors (Lipinski definition) is 0. The maximum Gasteiger partial charge on any atom is 1.00 e. The van der Waals surface area contributed by atoms with Gasteiger partial charge in [-0.05, 0) is 95.1 Å². The number of hydrogen-bond acceptors (Lipinski definition) is 8. The largest absolute Gasteiger partial charge is 1.00 e. The standard InChI is InChI=1S/2C24H20N6.2Ag.2BF4/c2*1-3-13-25-21(5-1)23-11-15-29(27-23)17-19-7-9-20(10-8-19)18-30-16-12-24(28-30)22-6-2-4-14-26-22;;;2*2-1(3,4)5/h2*1-16H,17-18H2;;;;/q;;2*+1;2*-1. The van der Waals surface area contributed by atoms with Gasteiger partial charge in [-0.15, -0.1) is 0 Å². The predicted molar refractivity (Wildman–Crippen MR) is 251 cm³/mol. The molecule has 8 heterocycles. The van der Waals surface area contributed by atoms with Crippen molar-refractivity contribution >= 4 is 14.5 Å². The van der Waals surface area contributed by atoms with Crippen molar-refractivity contribution in [1.29, 1.82) is 0 Å². The molecule has 10 rings (SSSR count). The first kappa shape index (κ1) is 55.9. The molecule has 0 spiro atoms. The molecule has 72 heavy (non-hydrogen) atoms. The number of rotatable bonds is 12. The molecule has 0 saturated heterocycles. The summed E-state index contributed by atoms with van der Waals surface area (Å²) in [6.45, 7) is 2.88. The molecular weight excluding hydrogens is 1130 g/mol. The van der Waals surface area contributed by atoms with Crippen LogP contribution >= 0.6 is 0 Å². The minimum atomic E-state index is -6.00. The van der Waals surface area contributed by atoms with Crippen molar-refractivity contribution in [3.05, 3.63) is 217 Å². The van der Waals surface area contributed by atoms with Crippen molar-refractivity contribution < 1.29 is 79.3 Å². The topological polar surface area (TPSA) is 123 Å². The van der Waals surface area contributed by atoms with Crippen molar-refractivity contribution in [2.75, 3.05) is 0 Å². The molecule has 0 N–H and O–H groups in total. The van der Waals surface area contributed by atoms with Crippen molar-refractivity contribution in [1.82, 2.24) is 59.1 Å². The van der Waals surface area contributed by atoms with Gasteiger partial charge in [0.25, 0.3) is 0 Å². The van der Waals surface area contributed by atoms with Crippen molar-refractivity contribution in [2.45, 2.75) is 26.2 Å². The molecule has 376 valence electrons. The minimum absolute atomic E-state index is 0. The van der Waals surface area contributed by atoms with E-state index >= 15 is 0 Å². The second-order valence-electron chi connectivity index (χ2n) is 15.1. The van der Waals surface area contributed by atoms with Gasteiger partial charge in [-0.2, -0.15) is 20.4 Å². The van der Waals surface area contributed by atoms with Crippen LogP contribution in [0, 0.1) is 0 Å². The molecule has 0 unspecified atom stereocenters. The maximum atomic E-state index is 9.75. The predicted octanol–water partition coefficient (Wildman–Crippen LogP) is 11.2. The smallest absolute Gasteiger partial charge is 0.418 e. The third-order valence-electron chi connectivity index (χ3n) is 9.70. The van der Waals surface area contributed by atoms with Crippen LogP contribution in [0.3, 0.4) is 0 Å². The van der Waals surface area contributed by atoms with Crippen LogP contribution in [-0.4, -0.2) is 73.6 Å². The summed E-state index contributed by atoms with van der Waals surface area (Å²) >= 11 is 0. The van der Waals surface area contributed by atoms with Crippen LogP contribution in [0.2, 0.25) is 0 Å². The van der Waals surface area contributed by atoms with Crippen LogP contribution in [0.15, 0.2) is 195 Å². The summed E-state index contributed by atoms with van der Waals surface area (Å²) in [7, 11) is -12.0. The average molecular weight is 1170 g/mol. The summed E-state index contributed by atoms with van der Waals surface area (Å²) in [6.07, 6.45) is 15.1. The van der Waals surface area contributed by atoms with Gasteiger partial charge in [-0.25, -0.2) is 0 Å². The number of pyridine rings is 4. The fourth-order valence-corrected chi connectivity index (χ4v) is 6.65. The molecule has 0 aliphatic rings. The Morgan fingerprint density at radius 3 is 0.639 bits per heavy atom. The summed E-state index contributed by atoms with van der Waals surface area (Å²) < 4.78 is 85.7. The van der Waals surface area contributed by atoms with Crippen LogP contribution < -0.4 is 0 Å². The zero-order valence-electron chi connectivity index (χ0n) is 37.5. The summed E-state index contributed by atoms with van der Waals surface area (Å²) in [5.74, 6) is 0. The molecule has 0 aliphatic heterocycles. The molecule has 12 nitrogen and oxygen atoms in total. The summed E-state index contributed by atoms with van der Waals surface area (Å²) in [6, 6.07) is 48.5. The van der Waals surface area contributed by atoms with E-state index in [0.29, 0.717) is 0 Å². The second-order valence-corrected chi connectivity index (χ2v) is 15.1. The number of aromatic nitrogens is 12. The van der Waals surface area contributed by atoms with Crippen molar-refractivity contribution in [3.63, 3.8) is 0 Å². The number of benzene rings is 2. The van der Waals surface area contributed by atoms with E-state index in [-0.39, 0.29) is 44.8 Å². The van der Waals surface area contributed by atoms with Crippen LogP contribution in [0.1, 0.15) is 22.3 Å². The molecule has 0 amide bonds. The van der Waals surface area contributed by atoms with Gasteiger partial charge in [0.1, 0.15) is 22.8 Å². The third kappa shape index (κ3) is 18.9. The molecule has 0 saturated carbocycles. The summed E-state index contributed by atoms with van der Waals surface area (Å²) in [5.41, 5.74) is 11.9. The summed E-state index contributed by atoms with van der Waals surface area (Å²) in [4.78, 5) is 17.4. The SMILES string of the molecule is F[B-](F)(F)F.F[B-](F)(F)F.[Ag+].[Ag+].c1ccc(-c2ccn(Cc3ccc(Cn4ccc(-c5ccccn5)n4)cc3)n2)nc1.c1ccc(-c2ccn(Cc3ccc(Cn4ccc(-c5ccccn5)n4)cc3)n2)nc1. The first-order valence-electron chi connectivity index (χ1n) is 21.4. The van der Waals surface area contributed by atoms with E-state index in [1.165, 1.54) is 22.3 Å². The Morgan fingerprint density at radius 2 is 0.472 bits per heavy atom. The Kier molecular flexibility index (Phi) is 20.9. The van der Waals surface area contributed by atoms with E-state index in [9.17, 15) is 34.5 Å². The Hall–Kier alpha value is -7.07. The Labute approximate surface area is 439 Å². The summed E-state index contributed by atoms with van der Waals surface area (Å²) in [5, 5.41) is 18.5. The van der Waals surface area contributed by atoms with Crippen LogP contribution in [-0.2, 0) is 70.9 Å². The van der Waals surface area contributed by atoms with Gasteiger partial charge in [0.15, 0.2) is 0 Å². The minimum Gasteiger partial charge on any atom is -0.418 e. The first-order chi connectivity index (χ1) is 33.7. The molecule has 10 aromatic rings. The maximum absolute atomic E-state index is 9.75. The molecule has 8 aromatic heterocycles. The molecular formula is C48H40Ag2B2F8N12. The van der Waals surface area contributed by atoms with Crippen LogP contribution in [0.25, 0.3) is 45.6 Å². The molecule has 0 radical (unpaired) electrons. The zero-order chi connectivity index (χ0) is 49.4. The zero-order valence-corrected chi connectivity index (χ0v) is 40.4. The van der Waals surface area contributed by atoms with Crippen molar-refractivity contribution in [3.8, 4) is 45.6 Å². The van der Waals surface area contributed by atoms with Gasteiger partial charge in [0.2, 0.25) is 0 Å². The fourth-order valence-electron chi connectivity index (χ4n) is 6.65. The van der Waals surface area contributed by atoms with E-state index in [0.717, 1.165) is 71.7 Å². The third-order valence-corrected chi connectivity index (χ3v) is 9.70. The van der Waals surface area contributed by atoms with Gasteiger partial charge in [-0.3, -0.25) is 38.7 Å². The number of nitrogens with zero attached hydrogens (tertiary/aromatic N) is 12. The average Bonchev–Trinajstić information content (AvgIpc) is 4.20. The van der Waals surface area contributed by atoms with Crippen molar-refractivity contribution in [2.24, 2.45) is 0 Å². The number of halogens is 8. The molecule has 0 fully saturated rings. The van der Waals surface area contributed by atoms with Crippen LogP contribution in [0.5, 0.6) is 0 Å². The first-order valence-corrected chi connectivity index (χ1v) is 21.4. The van der Waals surface area contributed by atoms with Gasteiger partial charge in [-0.1, -0.05) is 72.8 Å². The van der Waals surface area contributed by atoms with E-state index in [4.69, 9.17) is 0 Å². The van der Waals surface area contributed by atoms with Gasteiger partial charge in [0.05, 0.1) is 49.0 Å². The van der Waals surface area contributed by atoms with Gasteiger partial charge >= 0.3 is 59.3 Å².